The van der Waals surface area contributed by atoms with Gasteiger partial charge >= 0.3 is 0 Å². The van der Waals surface area contributed by atoms with Crippen molar-refractivity contribution in [2.75, 3.05) is 5.73 Å². The molecule has 1 aromatic carbocycles. The van der Waals surface area contributed by atoms with Crippen LogP contribution in [0.15, 0.2) is 30.7 Å². The molecule has 0 atom stereocenters. The predicted molar refractivity (Wildman–Crippen MR) is 70.0 cm³/mol. The number of imidazole rings is 1. The number of nitrogen functional groups attached to an aromatic ring is 1. The molecule has 0 aliphatic heterocycles. The summed E-state index contributed by atoms with van der Waals surface area (Å²) in [5.74, 6) is 0.0674. The van der Waals surface area contributed by atoms with Crippen molar-refractivity contribution in [2.45, 2.75) is 13.5 Å². The molecule has 0 saturated carbocycles. The van der Waals surface area contributed by atoms with E-state index in [0.29, 0.717) is 23.6 Å². The molecule has 6 heteroatoms. The molecule has 3 aromatic rings. The second-order valence-electron chi connectivity index (χ2n) is 4.35. The first kappa shape index (κ1) is 11.6. The van der Waals surface area contributed by atoms with Gasteiger partial charge in [-0.25, -0.2) is 19.3 Å². The highest BCUT2D eigenvalue weighted by Crippen LogP contribution is 2.22. The molecule has 2 aromatic heterocycles. The Hall–Kier alpha value is -2.50. The Morgan fingerprint density at radius 1 is 1.37 bits per heavy atom. The van der Waals surface area contributed by atoms with Gasteiger partial charge < -0.3 is 10.3 Å². The van der Waals surface area contributed by atoms with Crippen LogP contribution in [0.3, 0.4) is 0 Å². The predicted octanol–water partition coefficient (Wildman–Crippen LogP) is 1.90. The summed E-state index contributed by atoms with van der Waals surface area (Å²) in [4.78, 5) is 12.2. The van der Waals surface area contributed by atoms with E-state index in [1.807, 2.05) is 10.6 Å². The molecule has 0 amide bonds. The maximum Gasteiger partial charge on any atom is 0.201 e. The zero-order chi connectivity index (χ0) is 13.4. The van der Waals surface area contributed by atoms with Crippen molar-refractivity contribution in [3.63, 3.8) is 0 Å². The normalized spacial score (nSPS) is 11.1. The summed E-state index contributed by atoms with van der Waals surface area (Å²) in [5, 5.41) is 0. The SMILES string of the molecule is Cc1cc2c(cc1F)nc(N)n2Cc1ccncn1. The molecule has 3 rings (SSSR count). The lowest BCUT2D eigenvalue weighted by Crippen LogP contribution is -2.06. The van der Waals surface area contributed by atoms with Gasteiger partial charge in [0, 0.05) is 12.3 Å². The van der Waals surface area contributed by atoms with Gasteiger partial charge in [-0.3, -0.25) is 0 Å². The number of aromatic nitrogens is 4. The van der Waals surface area contributed by atoms with E-state index >= 15 is 0 Å². The standard InChI is InChI=1S/C13H12FN5/c1-8-4-12-11(5-10(8)14)18-13(15)19(12)6-9-2-3-16-7-17-9/h2-5,7H,6H2,1H3,(H2,15,18). The van der Waals surface area contributed by atoms with E-state index < -0.39 is 0 Å². The van der Waals surface area contributed by atoms with Crippen molar-refractivity contribution >= 4 is 17.0 Å². The summed E-state index contributed by atoms with van der Waals surface area (Å²) >= 11 is 0. The van der Waals surface area contributed by atoms with Crippen molar-refractivity contribution in [1.82, 2.24) is 19.5 Å². The molecule has 2 heterocycles. The van der Waals surface area contributed by atoms with Crippen molar-refractivity contribution in [3.8, 4) is 0 Å². The van der Waals surface area contributed by atoms with Crippen molar-refractivity contribution in [2.24, 2.45) is 0 Å². The Kier molecular flexibility index (Phi) is 2.63. The number of aryl methyl sites for hydroxylation is 1. The second kappa shape index (κ2) is 4.31. The van der Waals surface area contributed by atoms with E-state index in [1.165, 1.54) is 12.4 Å². The Morgan fingerprint density at radius 2 is 2.21 bits per heavy atom. The van der Waals surface area contributed by atoms with E-state index in [9.17, 15) is 4.39 Å². The summed E-state index contributed by atoms with van der Waals surface area (Å²) in [7, 11) is 0. The Balaban J connectivity index is 2.13. The van der Waals surface area contributed by atoms with E-state index in [-0.39, 0.29) is 5.82 Å². The molecule has 0 saturated heterocycles. The van der Waals surface area contributed by atoms with Crippen molar-refractivity contribution in [3.05, 3.63) is 47.8 Å². The maximum absolute atomic E-state index is 13.5. The molecule has 0 aliphatic rings. The van der Waals surface area contributed by atoms with Gasteiger partial charge in [0.2, 0.25) is 5.95 Å². The number of halogens is 1. The minimum atomic E-state index is -0.279. The summed E-state index contributed by atoms with van der Waals surface area (Å²) in [6, 6.07) is 4.95. The van der Waals surface area contributed by atoms with Crippen LogP contribution in [0, 0.1) is 12.7 Å². The van der Waals surface area contributed by atoms with E-state index in [4.69, 9.17) is 5.73 Å². The lowest BCUT2D eigenvalue weighted by atomic mass is 10.2. The first-order valence-corrected chi connectivity index (χ1v) is 5.82. The lowest BCUT2D eigenvalue weighted by molar-refractivity contribution is 0.620. The van der Waals surface area contributed by atoms with Gasteiger partial charge in [0.05, 0.1) is 23.3 Å². The number of hydrogen-bond acceptors (Lipinski definition) is 4. The van der Waals surface area contributed by atoms with Crippen LogP contribution in [0.2, 0.25) is 0 Å². The summed E-state index contributed by atoms with van der Waals surface area (Å²) in [5.41, 5.74) is 8.63. The van der Waals surface area contributed by atoms with Crippen molar-refractivity contribution < 1.29 is 4.39 Å². The monoisotopic (exact) mass is 257 g/mol. The van der Waals surface area contributed by atoms with Crippen LogP contribution in [0.4, 0.5) is 10.3 Å². The minimum Gasteiger partial charge on any atom is -0.369 e. The molecule has 0 spiro atoms. The highest BCUT2D eigenvalue weighted by Gasteiger charge is 2.11. The number of hydrogen-bond donors (Lipinski definition) is 1. The molecule has 0 unspecified atom stereocenters. The first-order valence-electron chi connectivity index (χ1n) is 5.82. The largest absolute Gasteiger partial charge is 0.369 e. The highest BCUT2D eigenvalue weighted by molar-refractivity contribution is 5.79. The highest BCUT2D eigenvalue weighted by atomic mass is 19.1. The third kappa shape index (κ3) is 2.01. The third-order valence-electron chi connectivity index (χ3n) is 3.02. The van der Waals surface area contributed by atoms with Crippen LogP contribution in [0.25, 0.3) is 11.0 Å². The third-order valence-corrected chi connectivity index (χ3v) is 3.02. The van der Waals surface area contributed by atoms with E-state index in [1.54, 1.807) is 19.2 Å². The van der Waals surface area contributed by atoms with E-state index in [2.05, 4.69) is 15.0 Å². The molecular formula is C13H12FN5. The number of anilines is 1. The Bertz CT molecular complexity index is 736. The van der Waals surface area contributed by atoms with Gasteiger partial charge in [-0.15, -0.1) is 0 Å². The Morgan fingerprint density at radius 3 is 2.95 bits per heavy atom. The molecule has 96 valence electrons. The van der Waals surface area contributed by atoms with Crippen LogP contribution in [-0.4, -0.2) is 19.5 Å². The van der Waals surface area contributed by atoms with Crippen LogP contribution in [-0.2, 0) is 6.54 Å². The molecule has 5 nitrogen and oxygen atoms in total. The summed E-state index contributed by atoms with van der Waals surface area (Å²) in [6.45, 7) is 2.20. The number of benzene rings is 1. The summed E-state index contributed by atoms with van der Waals surface area (Å²) < 4.78 is 15.3. The molecular weight excluding hydrogens is 245 g/mol. The van der Waals surface area contributed by atoms with Gasteiger partial charge in [-0.1, -0.05) is 0 Å². The number of fused-ring (bicyclic) bond motifs is 1. The fourth-order valence-electron chi connectivity index (χ4n) is 2.01. The number of nitrogens with zero attached hydrogens (tertiary/aromatic N) is 4. The minimum absolute atomic E-state index is 0.279. The van der Waals surface area contributed by atoms with Gasteiger partial charge in [-0.05, 0) is 24.6 Å². The molecule has 0 radical (unpaired) electrons. The quantitative estimate of drug-likeness (QED) is 0.761. The average molecular weight is 257 g/mol. The molecule has 0 aliphatic carbocycles. The van der Waals surface area contributed by atoms with Gasteiger partial charge in [0.25, 0.3) is 0 Å². The number of nitrogens with two attached hydrogens (primary N) is 1. The van der Waals surface area contributed by atoms with Crippen LogP contribution >= 0.6 is 0 Å². The van der Waals surface area contributed by atoms with Crippen molar-refractivity contribution in [1.29, 1.82) is 0 Å². The van der Waals surface area contributed by atoms with E-state index in [0.717, 1.165) is 11.2 Å². The molecule has 0 fully saturated rings. The topological polar surface area (TPSA) is 69.6 Å². The van der Waals surface area contributed by atoms with Gasteiger partial charge in [0.15, 0.2) is 0 Å². The fraction of sp³-hybridized carbons (Fsp3) is 0.154. The first-order chi connectivity index (χ1) is 9.15. The molecule has 19 heavy (non-hydrogen) atoms. The van der Waals surface area contributed by atoms with Crippen LogP contribution in [0.1, 0.15) is 11.3 Å². The fourth-order valence-corrected chi connectivity index (χ4v) is 2.01. The number of rotatable bonds is 2. The maximum atomic E-state index is 13.5. The van der Waals surface area contributed by atoms with Crippen LogP contribution < -0.4 is 5.73 Å². The van der Waals surface area contributed by atoms with Gasteiger partial charge in [-0.2, -0.15) is 0 Å². The Labute approximate surface area is 108 Å². The zero-order valence-corrected chi connectivity index (χ0v) is 10.3. The second-order valence-corrected chi connectivity index (χ2v) is 4.35. The molecule has 0 bridgehead atoms. The summed E-state index contributed by atoms with van der Waals surface area (Å²) in [6.07, 6.45) is 3.15. The smallest absolute Gasteiger partial charge is 0.201 e. The lowest BCUT2D eigenvalue weighted by Gasteiger charge is -2.06. The average Bonchev–Trinajstić information content (AvgIpc) is 2.68. The molecule has 2 N–H and O–H groups in total. The zero-order valence-electron chi connectivity index (χ0n) is 10.3. The van der Waals surface area contributed by atoms with Gasteiger partial charge in [0.1, 0.15) is 12.1 Å². The van der Waals surface area contributed by atoms with Crippen LogP contribution in [0.5, 0.6) is 0 Å².